The van der Waals surface area contributed by atoms with Crippen LogP contribution in [-0.2, 0) is 16.1 Å². The third-order valence-electron chi connectivity index (χ3n) is 2.72. The van der Waals surface area contributed by atoms with Crippen molar-refractivity contribution in [1.82, 2.24) is 15.2 Å². The maximum Gasteiger partial charge on any atom is 0.293 e. The molecular formula is C15H25N3O2. The molecule has 0 bridgehead atoms. The SMILES string of the molecule is CC(C)(C)OC=O.c1ccc(CN2CCNCC2)nc1. The van der Waals surface area contributed by atoms with Gasteiger partial charge < -0.3 is 10.1 Å². The first-order chi connectivity index (χ1) is 9.51. The normalized spacial score (nSPS) is 15.9. The molecule has 1 saturated heterocycles. The van der Waals surface area contributed by atoms with Gasteiger partial charge in [0.05, 0.1) is 5.69 Å². The van der Waals surface area contributed by atoms with Gasteiger partial charge in [-0.15, -0.1) is 0 Å². The number of rotatable bonds is 3. The Hall–Kier alpha value is -1.46. The highest BCUT2D eigenvalue weighted by Crippen LogP contribution is 2.03. The van der Waals surface area contributed by atoms with Crippen LogP contribution >= 0.6 is 0 Å². The van der Waals surface area contributed by atoms with E-state index in [2.05, 4.69) is 26.0 Å². The summed E-state index contributed by atoms with van der Waals surface area (Å²) in [7, 11) is 0. The van der Waals surface area contributed by atoms with E-state index in [4.69, 9.17) is 0 Å². The summed E-state index contributed by atoms with van der Waals surface area (Å²) in [5, 5.41) is 3.34. The van der Waals surface area contributed by atoms with Gasteiger partial charge in [-0.25, -0.2) is 0 Å². The molecule has 2 rings (SSSR count). The number of carbonyl (C=O) groups excluding carboxylic acids is 1. The lowest BCUT2D eigenvalue weighted by molar-refractivity contribution is -0.138. The molecule has 112 valence electrons. The summed E-state index contributed by atoms with van der Waals surface area (Å²) in [5.74, 6) is 0. The van der Waals surface area contributed by atoms with E-state index < -0.39 is 0 Å². The van der Waals surface area contributed by atoms with E-state index in [0.29, 0.717) is 6.47 Å². The number of nitrogens with zero attached hydrogens (tertiary/aromatic N) is 2. The van der Waals surface area contributed by atoms with Gasteiger partial charge in [0.2, 0.25) is 0 Å². The van der Waals surface area contributed by atoms with Crippen LogP contribution in [0, 0.1) is 0 Å². The van der Waals surface area contributed by atoms with Gasteiger partial charge >= 0.3 is 0 Å². The molecule has 1 fully saturated rings. The van der Waals surface area contributed by atoms with Crippen molar-refractivity contribution in [3.8, 4) is 0 Å². The number of hydrogen-bond donors (Lipinski definition) is 1. The van der Waals surface area contributed by atoms with Crippen molar-refractivity contribution in [2.75, 3.05) is 26.2 Å². The Morgan fingerprint density at radius 2 is 2.05 bits per heavy atom. The quantitative estimate of drug-likeness (QED) is 0.849. The molecule has 0 aliphatic carbocycles. The molecule has 0 unspecified atom stereocenters. The molecule has 5 heteroatoms. The summed E-state index contributed by atoms with van der Waals surface area (Å²) in [5.41, 5.74) is 0.853. The van der Waals surface area contributed by atoms with Gasteiger partial charge in [-0.3, -0.25) is 14.7 Å². The van der Waals surface area contributed by atoms with Crippen LogP contribution in [0.2, 0.25) is 0 Å². The molecule has 20 heavy (non-hydrogen) atoms. The minimum absolute atomic E-state index is 0.318. The molecule has 0 amide bonds. The summed E-state index contributed by atoms with van der Waals surface area (Å²) in [4.78, 5) is 16.3. The van der Waals surface area contributed by atoms with Crippen molar-refractivity contribution in [3.05, 3.63) is 30.1 Å². The zero-order valence-electron chi connectivity index (χ0n) is 12.6. The first-order valence-corrected chi connectivity index (χ1v) is 6.96. The van der Waals surface area contributed by atoms with Crippen molar-refractivity contribution < 1.29 is 9.53 Å². The number of hydrogen-bond acceptors (Lipinski definition) is 5. The fraction of sp³-hybridized carbons (Fsp3) is 0.600. The number of piperazine rings is 1. The molecular weight excluding hydrogens is 254 g/mol. The lowest BCUT2D eigenvalue weighted by Crippen LogP contribution is -2.43. The molecule has 0 aromatic carbocycles. The van der Waals surface area contributed by atoms with Gasteiger partial charge in [-0.2, -0.15) is 0 Å². The van der Waals surface area contributed by atoms with Gasteiger partial charge in [0.15, 0.2) is 0 Å². The molecule has 1 aromatic heterocycles. The van der Waals surface area contributed by atoms with Crippen LogP contribution in [0.25, 0.3) is 0 Å². The van der Waals surface area contributed by atoms with E-state index in [1.165, 1.54) is 5.69 Å². The van der Waals surface area contributed by atoms with Crippen molar-refractivity contribution in [2.24, 2.45) is 0 Å². The average Bonchev–Trinajstić information content (AvgIpc) is 2.40. The van der Waals surface area contributed by atoms with Crippen molar-refractivity contribution in [3.63, 3.8) is 0 Å². The Morgan fingerprint density at radius 3 is 2.50 bits per heavy atom. The zero-order chi connectivity index (χ0) is 14.8. The second-order valence-electron chi connectivity index (χ2n) is 5.67. The minimum Gasteiger partial charge on any atom is -0.462 e. The van der Waals surface area contributed by atoms with Gasteiger partial charge in [-0.05, 0) is 32.9 Å². The maximum absolute atomic E-state index is 9.60. The molecule has 0 spiro atoms. The summed E-state index contributed by atoms with van der Waals surface area (Å²) in [6, 6.07) is 6.09. The number of ether oxygens (including phenoxy) is 1. The van der Waals surface area contributed by atoms with Gasteiger partial charge in [0.1, 0.15) is 5.60 Å². The van der Waals surface area contributed by atoms with E-state index in [-0.39, 0.29) is 5.60 Å². The Labute approximate surface area is 121 Å². The van der Waals surface area contributed by atoms with E-state index in [0.717, 1.165) is 32.7 Å². The highest BCUT2D eigenvalue weighted by molar-refractivity contribution is 5.37. The first kappa shape index (κ1) is 16.6. The molecule has 0 atom stereocenters. The van der Waals surface area contributed by atoms with Crippen molar-refractivity contribution >= 4 is 6.47 Å². The van der Waals surface area contributed by atoms with E-state index in [1.807, 2.05) is 39.1 Å². The van der Waals surface area contributed by atoms with Crippen LogP contribution < -0.4 is 5.32 Å². The summed E-state index contributed by atoms with van der Waals surface area (Å²) < 4.78 is 4.55. The smallest absolute Gasteiger partial charge is 0.293 e. The van der Waals surface area contributed by atoms with Crippen LogP contribution in [-0.4, -0.2) is 48.1 Å². The topological polar surface area (TPSA) is 54.5 Å². The second-order valence-corrected chi connectivity index (χ2v) is 5.67. The van der Waals surface area contributed by atoms with Crippen LogP contribution in [0.3, 0.4) is 0 Å². The fourth-order valence-corrected chi connectivity index (χ4v) is 1.73. The fourth-order valence-electron chi connectivity index (χ4n) is 1.73. The third kappa shape index (κ3) is 7.86. The standard InChI is InChI=1S/C10H15N3.C5H10O2/c1-2-4-12-10(3-1)9-13-7-5-11-6-8-13;1-5(2,3)7-4-6/h1-4,11H,5-9H2;4H,1-3H3. The highest BCUT2D eigenvalue weighted by atomic mass is 16.5. The van der Waals surface area contributed by atoms with Gasteiger partial charge in [0, 0.05) is 38.9 Å². The molecule has 2 heterocycles. The average molecular weight is 279 g/mol. The Bertz CT molecular complexity index is 370. The second kappa shape index (κ2) is 8.66. The molecule has 1 aliphatic heterocycles. The highest BCUT2D eigenvalue weighted by Gasteiger charge is 2.09. The van der Waals surface area contributed by atoms with E-state index in [9.17, 15) is 4.79 Å². The lowest BCUT2D eigenvalue weighted by Gasteiger charge is -2.26. The predicted octanol–water partition coefficient (Wildman–Crippen LogP) is 1.44. The monoisotopic (exact) mass is 279 g/mol. The van der Waals surface area contributed by atoms with Crippen LogP contribution in [0.5, 0.6) is 0 Å². The maximum atomic E-state index is 9.60. The largest absolute Gasteiger partial charge is 0.462 e. The van der Waals surface area contributed by atoms with Crippen molar-refractivity contribution in [2.45, 2.75) is 32.9 Å². The first-order valence-electron chi connectivity index (χ1n) is 6.96. The molecule has 5 nitrogen and oxygen atoms in total. The van der Waals surface area contributed by atoms with Crippen LogP contribution in [0.15, 0.2) is 24.4 Å². The number of nitrogens with one attached hydrogen (secondary N) is 1. The molecule has 0 radical (unpaired) electrons. The third-order valence-corrected chi connectivity index (χ3v) is 2.72. The van der Waals surface area contributed by atoms with Crippen LogP contribution in [0.4, 0.5) is 0 Å². The number of pyridine rings is 1. The van der Waals surface area contributed by atoms with Gasteiger partial charge in [-0.1, -0.05) is 6.07 Å². The zero-order valence-corrected chi connectivity index (χ0v) is 12.6. The molecule has 1 N–H and O–H groups in total. The van der Waals surface area contributed by atoms with E-state index in [1.54, 1.807) is 0 Å². The summed E-state index contributed by atoms with van der Waals surface area (Å²) in [6.45, 7) is 11.4. The Kier molecular flexibility index (Phi) is 7.18. The Morgan fingerprint density at radius 1 is 1.35 bits per heavy atom. The lowest BCUT2D eigenvalue weighted by atomic mass is 10.2. The molecule has 0 saturated carbocycles. The summed E-state index contributed by atoms with van der Waals surface area (Å²) >= 11 is 0. The van der Waals surface area contributed by atoms with E-state index >= 15 is 0 Å². The molecule has 1 aliphatic rings. The Balaban J connectivity index is 0.000000246. The minimum atomic E-state index is -0.318. The number of aromatic nitrogens is 1. The summed E-state index contributed by atoms with van der Waals surface area (Å²) in [6.07, 6.45) is 1.86. The van der Waals surface area contributed by atoms with Crippen molar-refractivity contribution in [1.29, 1.82) is 0 Å². The number of carbonyl (C=O) groups is 1. The molecule has 1 aromatic rings. The van der Waals surface area contributed by atoms with Crippen LogP contribution in [0.1, 0.15) is 26.5 Å². The van der Waals surface area contributed by atoms with Gasteiger partial charge in [0.25, 0.3) is 6.47 Å². The predicted molar refractivity (Wildman–Crippen MR) is 79.3 cm³/mol.